The van der Waals surface area contributed by atoms with E-state index in [1.54, 1.807) is 0 Å². The van der Waals surface area contributed by atoms with Crippen LogP contribution < -0.4 is 9.04 Å². The summed E-state index contributed by atoms with van der Waals surface area (Å²) < 4.78 is 54.0. The molecule has 2 saturated heterocycles. The number of aromatic nitrogens is 1. The van der Waals surface area contributed by atoms with Crippen LogP contribution in [0.15, 0.2) is 65.7 Å². The van der Waals surface area contributed by atoms with Gasteiger partial charge >= 0.3 is 6.09 Å². The number of anilines is 1. The summed E-state index contributed by atoms with van der Waals surface area (Å²) in [6.45, 7) is 4.02. The number of sulfonamides is 1. The molecule has 2 fully saturated rings. The molecule has 1 aromatic heterocycles. The first-order valence-electron chi connectivity index (χ1n) is 14.6. The van der Waals surface area contributed by atoms with Gasteiger partial charge in [-0.3, -0.25) is 9.69 Å². The zero-order valence-corrected chi connectivity index (χ0v) is 26.4. The van der Waals surface area contributed by atoms with Crippen LogP contribution in [0, 0.1) is 5.82 Å². The molecule has 3 aromatic rings. The third-order valence-electron chi connectivity index (χ3n) is 8.76. The quantitative estimate of drug-likeness (QED) is 0.392. The van der Waals surface area contributed by atoms with E-state index in [0.29, 0.717) is 36.5 Å². The van der Waals surface area contributed by atoms with E-state index in [2.05, 4.69) is 21.8 Å². The predicted molar refractivity (Wildman–Crippen MR) is 164 cm³/mol. The molecule has 14 heteroatoms. The van der Waals surface area contributed by atoms with Crippen molar-refractivity contribution in [3.05, 3.63) is 82.8 Å². The summed E-state index contributed by atoms with van der Waals surface area (Å²) in [5, 5.41) is 0.178. The number of piperidine rings is 1. The standard InChI is InChI=1S/C31H33ClFN5O6S/c1-35-14-11-23(12-15-35)36-16-18-37(19-17-36)30(40)44-31(25-4-3-13-34-28(25)43-2)26-20-21(32)5-10-27(26)38(29(31)39)45(41,42)24-8-6-22(33)7-9-24/h3-10,13,20,23H,11-12,14-19H2,1-2H3. The third-order valence-corrected chi connectivity index (χ3v) is 10.7. The van der Waals surface area contributed by atoms with Crippen LogP contribution in [0.4, 0.5) is 14.9 Å². The van der Waals surface area contributed by atoms with Crippen molar-refractivity contribution in [1.82, 2.24) is 19.7 Å². The van der Waals surface area contributed by atoms with Crippen LogP contribution in [-0.4, -0.2) is 99.6 Å². The molecule has 3 aliphatic rings. The molecule has 1 unspecified atom stereocenters. The number of nitrogens with zero attached hydrogens (tertiary/aromatic N) is 5. The Morgan fingerprint density at radius 1 is 1.00 bits per heavy atom. The van der Waals surface area contributed by atoms with E-state index in [1.165, 1.54) is 48.5 Å². The van der Waals surface area contributed by atoms with Crippen molar-refractivity contribution in [2.45, 2.75) is 29.4 Å². The van der Waals surface area contributed by atoms with Gasteiger partial charge in [0.1, 0.15) is 5.82 Å². The van der Waals surface area contributed by atoms with Crippen LogP contribution in [0.25, 0.3) is 0 Å². The number of amides is 2. The van der Waals surface area contributed by atoms with E-state index in [0.717, 1.165) is 50.2 Å². The topological polar surface area (TPSA) is 113 Å². The number of hydrogen-bond acceptors (Lipinski definition) is 9. The first-order chi connectivity index (χ1) is 21.6. The molecule has 0 bridgehead atoms. The number of rotatable bonds is 6. The highest BCUT2D eigenvalue weighted by Crippen LogP contribution is 2.52. The fourth-order valence-electron chi connectivity index (χ4n) is 6.35. The van der Waals surface area contributed by atoms with Gasteiger partial charge in [-0.1, -0.05) is 11.6 Å². The number of hydrogen-bond donors (Lipinski definition) is 0. The molecule has 3 aliphatic heterocycles. The molecular formula is C31H33ClFN5O6S. The molecule has 0 radical (unpaired) electrons. The number of benzene rings is 2. The number of ether oxygens (including phenoxy) is 2. The number of halogens is 2. The fourth-order valence-corrected chi connectivity index (χ4v) is 7.97. The fraction of sp³-hybridized carbons (Fsp3) is 0.387. The van der Waals surface area contributed by atoms with Crippen molar-refractivity contribution in [2.24, 2.45) is 0 Å². The van der Waals surface area contributed by atoms with Gasteiger partial charge in [0.25, 0.3) is 21.5 Å². The molecule has 45 heavy (non-hydrogen) atoms. The van der Waals surface area contributed by atoms with Gasteiger partial charge in [-0.05, 0) is 87.6 Å². The molecule has 4 heterocycles. The predicted octanol–water partition coefficient (Wildman–Crippen LogP) is 3.71. The molecule has 0 N–H and O–H groups in total. The molecular weight excluding hydrogens is 625 g/mol. The second kappa shape index (κ2) is 12.2. The second-order valence-corrected chi connectivity index (χ2v) is 13.6. The summed E-state index contributed by atoms with van der Waals surface area (Å²) in [7, 11) is -1.16. The Bertz CT molecular complexity index is 1710. The lowest BCUT2D eigenvalue weighted by Gasteiger charge is -2.42. The van der Waals surface area contributed by atoms with Crippen LogP contribution in [-0.2, 0) is 25.2 Å². The van der Waals surface area contributed by atoms with E-state index in [-0.39, 0.29) is 32.6 Å². The monoisotopic (exact) mass is 657 g/mol. The number of carbonyl (C=O) groups excluding carboxylic acids is 2. The van der Waals surface area contributed by atoms with Crippen LogP contribution in [0.1, 0.15) is 24.0 Å². The minimum absolute atomic E-state index is 0.0234. The van der Waals surface area contributed by atoms with Crippen LogP contribution >= 0.6 is 11.6 Å². The molecule has 2 aromatic carbocycles. The van der Waals surface area contributed by atoms with Gasteiger partial charge < -0.3 is 19.3 Å². The summed E-state index contributed by atoms with van der Waals surface area (Å²) in [6, 6.07) is 11.8. The molecule has 1 atom stereocenters. The first-order valence-corrected chi connectivity index (χ1v) is 16.4. The minimum atomic E-state index is -4.62. The number of pyridine rings is 1. The van der Waals surface area contributed by atoms with Gasteiger partial charge in [-0.25, -0.2) is 22.6 Å². The highest BCUT2D eigenvalue weighted by atomic mass is 35.5. The third kappa shape index (κ3) is 5.51. The van der Waals surface area contributed by atoms with Crippen LogP contribution in [0.2, 0.25) is 5.02 Å². The van der Waals surface area contributed by atoms with Gasteiger partial charge in [0.05, 0.1) is 23.3 Å². The van der Waals surface area contributed by atoms with E-state index < -0.39 is 33.4 Å². The van der Waals surface area contributed by atoms with E-state index in [1.807, 2.05) is 0 Å². The Labute approximate surface area is 266 Å². The van der Waals surface area contributed by atoms with Crippen molar-refractivity contribution >= 4 is 39.3 Å². The van der Waals surface area contributed by atoms with Crippen LogP contribution in [0.3, 0.4) is 0 Å². The number of carbonyl (C=O) groups is 2. The lowest BCUT2D eigenvalue weighted by Crippen LogP contribution is -2.55. The Hall–Kier alpha value is -3.78. The highest BCUT2D eigenvalue weighted by molar-refractivity contribution is 7.93. The van der Waals surface area contributed by atoms with E-state index >= 15 is 0 Å². The second-order valence-electron chi connectivity index (χ2n) is 11.4. The SMILES string of the molecule is COc1ncccc1C1(OC(=O)N2CCN(C3CCN(C)CC3)CC2)C(=O)N(S(=O)(=O)c2ccc(F)cc2)c2ccc(Cl)cc21. The van der Waals surface area contributed by atoms with Gasteiger partial charge in [0, 0.05) is 49.0 Å². The number of likely N-dealkylation sites (tertiary alicyclic amines) is 1. The van der Waals surface area contributed by atoms with Crippen molar-refractivity contribution < 1.29 is 31.9 Å². The van der Waals surface area contributed by atoms with Gasteiger partial charge in [-0.15, -0.1) is 0 Å². The number of piperazine rings is 1. The van der Waals surface area contributed by atoms with E-state index in [4.69, 9.17) is 21.1 Å². The first kappa shape index (κ1) is 31.2. The Kier molecular flexibility index (Phi) is 8.46. The summed E-state index contributed by atoms with van der Waals surface area (Å²) in [4.78, 5) is 38.8. The molecule has 6 rings (SSSR count). The molecule has 0 aliphatic carbocycles. The molecule has 11 nitrogen and oxygen atoms in total. The molecule has 0 spiro atoms. The Morgan fingerprint density at radius 3 is 2.36 bits per heavy atom. The lowest BCUT2D eigenvalue weighted by atomic mass is 9.87. The Morgan fingerprint density at radius 2 is 1.69 bits per heavy atom. The maximum Gasteiger partial charge on any atom is 0.411 e. The zero-order chi connectivity index (χ0) is 31.9. The Balaban J connectivity index is 1.40. The van der Waals surface area contributed by atoms with Gasteiger partial charge in [0.2, 0.25) is 5.88 Å². The van der Waals surface area contributed by atoms with Crippen molar-refractivity contribution in [3.8, 4) is 5.88 Å². The van der Waals surface area contributed by atoms with Crippen molar-refractivity contribution in [3.63, 3.8) is 0 Å². The maximum atomic E-state index is 14.7. The van der Waals surface area contributed by atoms with Gasteiger partial charge in [-0.2, -0.15) is 4.31 Å². The minimum Gasteiger partial charge on any atom is -0.481 e. The number of fused-ring (bicyclic) bond motifs is 1. The largest absolute Gasteiger partial charge is 0.481 e. The summed E-state index contributed by atoms with van der Waals surface area (Å²) in [5.41, 5.74) is -2.35. The molecule has 2 amide bonds. The summed E-state index contributed by atoms with van der Waals surface area (Å²) in [6.07, 6.45) is 2.74. The maximum absolute atomic E-state index is 14.7. The lowest BCUT2D eigenvalue weighted by molar-refractivity contribution is -0.132. The summed E-state index contributed by atoms with van der Waals surface area (Å²) >= 11 is 6.41. The average molecular weight is 658 g/mol. The molecule has 0 saturated carbocycles. The van der Waals surface area contributed by atoms with E-state index in [9.17, 15) is 22.4 Å². The normalized spacial score (nSPS) is 21.6. The zero-order valence-electron chi connectivity index (χ0n) is 24.9. The average Bonchev–Trinajstić information content (AvgIpc) is 3.29. The van der Waals surface area contributed by atoms with Gasteiger partial charge in [0.15, 0.2) is 0 Å². The summed E-state index contributed by atoms with van der Waals surface area (Å²) in [5.74, 6) is -1.78. The highest BCUT2D eigenvalue weighted by Gasteiger charge is 2.61. The number of methoxy groups -OCH3 is 1. The van der Waals surface area contributed by atoms with Crippen molar-refractivity contribution in [2.75, 3.05) is 57.7 Å². The van der Waals surface area contributed by atoms with Crippen LogP contribution in [0.5, 0.6) is 5.88 Å². The van der Waals surface area contributed by atoms with Crippen molar-refractivity contribution in [1.29, 1.82) is 0 Å². The smallest absolute Gasteiger partial charge is 0.411 e. The molecule has 238 valence electrons.